The van der Waals surface area contributed by atoms with Crippen LogP contribution in [0.4, 0.5) is 15.8 Å². The first-order valence-electron chi connectivity index (χ1n) is 13.9. The predicted octanol–water partition coefficient (Wildman–Crippen LogP) is 10.0. The van der Waals surface area contributed by atoms with Crippen molar-refractivity contribution in [3.8, 4) is 24.0 Å². The Morgan fingerprint density at radius 2 is 1.79 bits per heavy atom. The number of rotatable bonds is 10. The van der Waals surface area contributed by atoms with Gasteiger partial charge in [0.2, 0.25) is 0 Å². The number of allylic oxidation sites excluding steroid dienone is 4. The van der Waals surface area contributed by atoms with E-state index in [1.807, 2.05) is 32.1 Å². The van der Waals surface area contributed by atoms with Crippen molar-refractivity contribution < 1.29 is 4.39 Å². The van der Waals surface area contributed by atoms with Crippen LogP contribution in [0.25, 0.3) is 22.3 Å². The molecule has 4 aromatic rings. The largest absolute Gasteiger partial charge is 0.396 e. The van der Waals surface area contributed by atoms with Crippen molar-refractivity contribution in [1.29, 1.82) is 0 Å². The molecule has 0 bridgehead atoms. The van der Waals surface area contributed by atoms with Crippen LogP contribution >= 0.6 is 11.3 Å². The molecule has 0 fully saturated rings. The number of nitrogens with one attached hydrogen (secondary N) is 2. The van der Waals surface area contributed by atoms with Gasteiger partial charge in [-0.25, -0.2) is 4.39 Å². The number of anilines is 2. The van der Waals surface area contributed by atoms with Crippen LogP contribution in [0.1, 0.15) is 66.4 Å². The molecule has 222 valence electrons. The zero-order valence-corrected chi connectivity index (χ0v) is 26.6. The smallest absolute Gasteiger partial charge is 0.146 e. The minimum absolute atomic E-state index is 0.111. The van der Waals surface area contributed by atoms with E-state index in [1.165, 1.54) is 6.07 Å². The maximum Gasteiger partial charge on any atom is 0.146 e. The number of halogens is 1. The molecule has 0 aliphatic carbocycles. The van der Waals surface area contributed by atoms with E-state index < -0.39 is 5.82 Å². The van der Waals surface area contributed by atoms with E-state index in [2.05, 4.69) is 86.8 Å². The Hall–Kier alpha value is -4.60. The molecule has 3 aromatic heterocycles. The van der Waals surface area contributed by atoms with Gasteiger partial charge < -0.3 is 16.0 Å². The van der Waals surface area contributed by atoms with Crippen LogP contribution in [0.2, 0.25) is 0 Å². The number of aryl methyl sites for hydroxylation is 1. The van der Waals surface area contributed by atoms with Gasteiger partial charge in [-0.15, -0.1) is 24.2 Å². The monoisotopic (exact) mass is 592 g/mol. The van der Waals surface area contributed by atoms with E-state index in [9.17, 15) is 0 Å². The third-order valence-corrected chi connectivity index (χ3v) is 7.95. The fraction of sp³-hybridized carbons (Fsp3) is 0.216. The van der Waals surface area contributed by atoms with Gasteiger partial charge in [0, 0.05) is 56.2 Å². The predicted molar refractivity (Wildman–Crippen MR) is 185 cm³/mol. The van der Waals surface area contributed by atoms with Crippen molar-refractivity contribution in [3.63, 3.8) is 0 Å². The molecule has 0 saturated heterocycles. The van der Waals surface area contributed by atoms with Crippen LogP contribution in [0.5, 0.6) is 0 Å². The molecule has 4 rings (SSSR count). The first-order valence-corrected chi connectivity index (χ1v) is 14.8. The molecule has 0 aliphatic rings. The zero-order valence-electron chi connectivity index (χ0n) is 25.8. The number of nitrogen functional groups attached to an aromatic ring is 1. The summed E-state index contributed by atoms with van der Waals surface area (Å²) in [5, 5.41) is 3.34. The van der Waals surface area contributed by atoms with Crippen LogP contribution in [0.15, 0.2) is 86.4 Å². The molecule has 3 heterocycles. The van der Waals surface area contributed by atoms with E-state index >= 15 is 4.39 Å². The Labute approximate surface area is 260 Å². The van der Waals surface area contributed by atoms with Crippen LogP contribution in [-0.2, 0) is 6.42 Å². The number of aromatic amines is 1. The number of hydrogen-bond donors (Lipinski definition) is 3. The minimum Gasteiger partial charge on any atom is -0.396 e. The van der Waals surface area contributed by atoms with Gasteiger partial charge in [0.1, 0.15) is 5.82 Å². The summed E-state index contributed by atoms with van der Waals surface area (Å²) in [6.45, 7) is 22.7. The first-order chi connectivity index (χ1) is 20.3. The Balaban J connectivity index is 0.00000248. The van der Waals surface area contributed by atoms with Crippen molar-refractivity contribution in [3.05, 3.63) is 124 Å². The number of nitrogens with zero attached hydrogens (tertiary/aromatic N) is 1. The fourth-order valence-electron chi connectivity index (χ4n) is 4.88. The van der Waals surface area contributed by atoms with Gasteiger partial charge in [0.05, 0.1) is 17.6 Å². The molecule has 0 aliphatic heterocycles. The summed E-state index contributed by atoms with van der Waals surface area (Å²) in [4.78, 5) is 10.2. The first kappa shape index (κ1) is 32.9. The number of benzene rings is 1. The van der Waals surface area contributed by atoms with Crippen LogP contribution in [-0.4, -0.2) is 9.97 Å². The highest BCUT2D eigenvalue weighted by Gasteiger charge is 2.17. The molecule has 4 N–H and O–H groups in total. The molecular formula is C37H41FN4S. The number of terminal acetylenes is 1. The maximum atomic E-state index is 15.1. The van der Waals surface area contributed by atoms with Gasteiger partial charge in [-0.2, -0.15) is 0 Å². The topological polar surface area (TPSA) is 66.7 Å². The molecule has 43 heavy (non-hydrogen) atoms. The number of thiophene rings is 1. The van der Waals surface area contributed by atoms with E-state index in [0.717, 1.165) is 61.2 Å². The fourth-order valence-corrected chi connectivity index (χ4v) is 5.86. The summed E-state index contributed by atoms with van der Waals surface area (Å²) >= 11 is 1.70. The van der Waals surface area contributed by atoms with Crippen LogP contribution < -0.4 is 11.1 Å². The average Bonchev–Trinajstić information content (AvgIpc) is 3.57. The summed E-state index contributed by atoms with van der Waals surface area (Å²) in [5.41, 5.74) is 15.6. The molecule has 6 heteroatoms. The molecule has 4 nitrogen and oxygen atoms in total. The standard InChI is InChI=1S/C35H39FN4S.C2H2/c1-9-10-29(33-12-11-32(41-33)21(2)3)30-17-27(40-23(30)5)14-25-13-24(16-31(36)34(25)37)26-15-28(20-38-19-26)39-22(4)18-35(6,7)8;1-2/h9-13,15-17,19-20,39-40H,1-2,4,14,18,37H2,3,5-8H3;1-2H/b29-10+;. The quantitative estimate of drug-likeness (QED) is 0.0975. The lowest BCUT2D eigenvalue weighted by atomic mass is 9.91. The Bertz CT molecular complexity index is 1690. The average molecular weight is 593 g/mol. The highest BCUT2D eigenvalue weighted by molar-refractivity contribution is 7.14. The van der Waals surface area contributed by atoms with Crippen molar-refractivity contribution >= 4 is 33.9 Å². The Kier molecular flexibility index (Phi) is 10.7. The van der Waals surface area contributed by atoms with Gasteiger partial charge in [0.15, 0.2) is 0 Å². The molecule has 1 aromatic carbocycles. The van der Waals surface area contributed by atoms with E-state index in [0.29, 0.717) is 17.5 Å². The van der Waals surface area contributed by atoms with Gasteiger partial charge in [-0.1, -0.05) is 52.7 Å². The Morgan fingerprint density at radius 1 is 1.09 bits per heavy atom. The highest BCUT2D eigenvalue weighted by Crippen LogP contribution is 2.35. The number of nitrogens with two attached hydrogens (primary N) is 1. The van der Waals surface area contributed by atoms with Crippen molar-refractivity contribution in [2.75, 3.05) is 11.1 Å². The number of H-pyrrole nitrogens is 1. The zero-order chi connectivity index (χ0) is 31.9. The van der Waals surface area contributed by atoms with E-state index in [-0.39, 0.29) is 11.1 Å². The van der Waals surface area contributed by atoms with Gasteiger partial charge in [0.25, 0.3) is 0 Å². The molecule has 0 atom stereocenters. The summed E-state index contributed by atoms with van der Waals surface area (Å²) in [7, 11) is 0. The van der Waals surface area contributed by atoms with Crippen molar-refractivity contribution in [2.24, 2.45) is 5.41 Å². The highest BCUT2D eigenvalue weighted by atomic mass is 32.1. The summed E-state index contributed by atoms with van der Waals surface area (Å²) in [6, 6.07) is 11.7. The summed E-state index contributed by atoms with van der Waals surface area (Å²) in [5.74, 6) is -0.449. The lowest BCUT2D eigenvalue weighted by molar-refractivity contribution is 0.411. The normalized spacial score (nSPS) is 11.4. The maximum absolute atomic E-state index is 15.1. The molecule has 0 spiro atoms. The number of pyridine rings is 1. The third-order valence-electron chi connectivity index (χ3n) is 6.67. The van der Waals surface area contributed by atoms with Crippen molar-refractivity contribution in [2.45, 2.75) is 47.5 Å². The van der Waals surface area contributed by atoms with Crippen molar-refractivity contribution in [1.82, 2.24) is 9.97 Å². The number of aromatic nitrogens is 2. The van der Waals surface area contributed by atoms with Crippen LogP contribution in [0, 0.1) is 31.0 Å². The minimum atomic E-state index is -0.449. The molecule has 0 radical (unpaired) electrons. The summed E-state index contributed by atoms with van der Waals surface area (Å²) in [6.07, 6.45) is 16.6. The summed E-state index contributed by atoms with van der Waals surface area (Å²) < 4.78 is 15.1. The molecule has 0 saturated carbocycles. The lowest BCUT2D eigenvalue weighted by Crippen LogP contribution is -2.10. The van der Waals surface area contributed by atoms with Gasteiger partial charge in [-0.05, 0) is 78.8 Å². The second-order valence-electron chi connectivity index (χ2n) is 11.7. The SMILES string of the molecule is C#C.C=C/C=C(/c1ccc(C(=C)C)s1)c1cc(Cc2cc(-c3cncc(NC(=C)CC(C)(C)C)c3)cc(F)c2N)[nH]c1C. The van der Waals surface area contributed by atoms with E-state index in [4.69, 9.17) is 5.73 Å². The van der Waals surface area contributed by atoms with E-state index in [1.54, 1.807) is 29.8 Å². The molecule has 0 unspecified atom stereocenters. The molecule has 0 amide bonds. The third kappa shape index (κ3) is 8.47. The number of hydrogen-bond acceptors (Lipinski definition) is 4. The van der Waals surface area contributed by atoms with Gasteiger partial charge >= 0.3 is 0 Å². The van der Waals surface area contributed by atoms with Crippen LogP contribution in [0.3, 0.4) is 0 Å². The Morgan fingerprint density at radius 3 is 2.42 bits per heavy atom. The van der Waals surface area contributed by atoms with Gasteiger partial charge in [-0.3, -0.25) is 4.98 Å². The second-order valence-corrected chi connectivity index (χ2v) is 12.8. The molecular weight excluding hydrogens is 552 g/mol. The lowest BCUT2D eigenvalue weighted by Gasteiger charge is -2.20. The second kappa shape index (κ2) is 14.0.